The van der Waals surface area contributed by atoms with Gasteiger partial charge in [-0.3, -0.25) is 0 Å². The summed E-state index contributed by atoms with van der Waals surface area (Å²) in [5.41, 5.74) is 0. The first-order valence-corrected chi connectivity index (χ1v) is 4.66. The van der Waals surface area contributed by atoms with Crippen LogP contribution in [0.25, 0.3) is 0 Å². The minimum absolute atomic E-state index is 0.769. The second kappa shape index (κ2) is 4.49. The molecule has 2 rings (SSSR count). The Morgan fingerprint density at radius 1 is 1.40 bits per heavy atom. The highest BCUT2D eigenvalue weighted by atomic mass is 15.5. The largest absolute Gasteiger partial charge is 0.344 e. The van der Waals surface area contributed by atoms with Crippen LogP contribution in [0, 0.1) is 0 Å². The lowest BCUT2D eigenvalue weighted by molar-refractivity contribution is 0.740. The average Bonchev–Trinajstić information content (AvgIpc) is 2.90. The molecule has 0 aliphatic rings. The van der Waals surface area contributed by atoms with E-state index in [1.807, 2.05) is 11.9 Å². The summed E-state index contributed by atoms with van der Waals surface area (Å²) in [5, 5.41) is 21.2. The lowest BCUT2D eigenvalue weighted by Crippen LogP contribution is -2.20. The molecule has 2 aromatic heterocycles. The molecule has 0 bridgehead atoms. The Balaban J connectivity index is 1.74. The third-order valence-corrected chi connectivity index (χ3v) is 2.06. The van der Waals surface area contributed by atoms with Crippen LogP contribution >= 0.6 is 0 Å². The van der Waals surface area contributed by atoms with E-state index in [2.05, 4.69) is 35.8 Å². The molecular formula is C7H12N8. The molecule has 0 aliphatic carbocycles. The van der Waals surface area contributed by atoms with Crippen molar-refractivity contribution in [2.45, 2.75) is 12.8 Å². The average molecular weight is 208 g/mol. The number of aromatic amines is 2. The Morgan fingerprint density at radius 2 is 2.33 bits per heavy atom. The van der Waals surface area contributed by atoms with Gasteiger partial charge in [-0.15, -0.1) is 15.3 Å². The van der Waals surface area contributed by atoms with Crippen molar-refractivity contribution < 1.29 is 0 Å². The number of anilines is 1. The zero-order valence-electron chi connectivity index (χ0n) is 8.38. The predicted octanol–water partition coefficient (Wildman–Crippen LogP) is -0.613. The quantitative estimate of drug-likeness (QED) is 0.679. The first kappa shape index (κ1) is 9.56. The standard InChI is InChI=1S/C7H12N8/c1-15(7-8-5-9-12-7)4-2-3-6-10-13-14-11-6/h5H,2-4H2,1H3,(H,8,9,12)(H,10,11,13,14). The van der Waals surface area contributed by atoms with Gasteiger partial charge in [0, 0.05) is 20.0 Å². The minimum atomic E-state index is 0.769. The van der Waals surface area contributed by atoms with Crippen LogP contribution in [-0.4, -0.2) is 49.4 Å². The smallest absolute Gasteiger partial charge is 0.224 e. The highest BCUT2D eigenvalue weighted by Crippen LogP contribution is 2.02. The second-order valence-corrected chi connectivity index (χ2v) is 3.19. The Labute approximate surface area is 86.1 Å². The molecule has 0 radical (unpaired) electrons. The summed E-state index contributed by atoms with van der Waals surface area (Å²) >= 11 is 0. The fourth-order valence-corrected chi connectivity index (χ4v) is 1.26. The van der Waals surface area contributed by atoms with Crippen molar-refractivity contribution in [2.24, 2.45) is 0 Å². The van der Waals surface area contributed by atoms with Crippen LogP contribution in [0.2, 0.25) is 0 Å². The number of rotatable bonds is 5. The van der Waals surface area contributed by atoms with Gasteiger partial charge in [0.05, 0.1) is 0 Å². The molecule has 8 nitrogen and oxygen atoms in total. The van der Waals surface area contributed by atoms with Crippen LogP contribution in [0.15, 0.2) is 6.33 Å². The normalized spacial score (nSPS) is 10.5. The summed E-state index contributed by atoms with van der Waals surface area (Å²) in [6.07, 6.45) is 3.34. The van der Waals surface area contributed by atoms with E-state index in [4.69, 9.17) is 0 Å². The summed E-state index contributed by atoms with van der Waals surface area (Å²) < 4.78 is 0. The topological polar surface area (TPSA) is 99.3 Å². The van der Waals surface area contributed by atoms with Crippen LogP contribution in [0.5, 0.6) is 0 Å². The highest BCUT2D eigenvalue weighted by Gasteiger charge is 2.04. The number of H-pyrrole nitrogens is 2. The van der Waals surface area contributed by atoms with E-state index in [0.717, 1.165) is 31.2 Å². The Hall–Kier alpha value is -1.99. The number of tetrazole rings is 1. The number of aromatic nitrogens is 7. The van der Waals surface area contributed by atoms with Crippen LogP contribution in [0.1, 0.15) is 12.2 Å². The highest BCUT2D eigenvalue weighted by molar-refractivity contribution is 5.24. The van der Waals surface area contributed by atoms with Crippen LogP contribution in [0.4, 0.5) is 5.95 Å². The van der Waals surface area contributed by atoms with Gasteiger partial charge in [-0.05, 0) is 16.8 Å². The van der Waals surface area contributed by atoms with Crippen molar-refractivity contribution >= 4 is 5.95 Å². The third-order valence-electron chi connectivity index (χ3n) is 2.06. The zero-order valence-corrected chi connectivity index (χ0v) is 8.38. The molecule has 0 atom stereocenters. The lowest BCUT2D eigenvalue weighted by Gasteiger charge is -2.13. The number of nitrogens with one attached hydrogen (secondary N) is 2. The van der Waals surface area contributed by atoms with Gasteiger partial charge in [-0.25, -0.2) is 5.10 Å². The molecule has 0 unspecified atom stereocenters. The summed E-state index contributed by atoms with van der Waals surface area (Å²) in [6, 6.07) is 0. The predicted molar refractivity (Wildman–Crippen MR) is 52.2 cm³/mol. The van der Waals surface area contributed by atoms with Crippen LogP contribution < -0.4 is 4.90 Å². The molecule has 0 amide bonds. The van der Waals surface area contributed by atoms with Gasteiger partial charge >= 0.3 is 0 Å². The molecule has 0 aliphatic heterocycles. The second-order valence-electron chi connectivity index (χ2n) is 3.19. The molecule has 2 heterocycles. The van der Waals surface area contributed by atoms with Crippen molar-refractivity contribution in [3.05, 3.63) is 12.2 Å². The number of hydrogen-bond donors (Lipinski definition) is 2. The summed E-state index contributed by atoms with van der Waals surface area (Å²) in [5.74, 6) is 1.58. The Kier molecular flexibility index (Phi) is 2.86. The fourth-order valence-electron chi connectivity index (χ4n) is 1.26. The van der Waals surface area contributed by atoms with Gasteiger partial charge in [-0.1, -0.05) is 0 Å². The molecule has 0 aromatic carbocycles. The molecule has 8 heteroatoms. The molecule has 0 saturated heterocycles. The SMILES string of the molecule is CN(CCCc1nnn[nH]1)c1nnc[nH]1. The summed E-state index contributed by atoms with van der Waals surface area (Å²) in [4.78, 5) is 4.93. The zero-order chi connectivity index (χ0) is 10.5. The molecule has 0 saturated carbocycles. The van der Waals surface area contributed by atoms with E-state index in [9.17, 15) is 0 Å². The van der Waals surface area contributed by atoms with E-state index in [1.165, 1.54) is 0 Å². The number of hydrogen-bond acceptors (Lipinski definition) is 6. The van der Waals surface area contributed by atoms with Crippen LogP contribution in [0.3, 0.4) is 0 Å². The molecule has 80 valence electrons. The summed E-state index contributed by atoms with van der Waals surface area (Å²) in [6.45, 7) is 0.871. The van der Waals surface area contributed by atoms with E-state index in [0.29, 0.717) is 0 Å². The van der Waals surface area contributed by atoms with Crippen molar-refractivity contribution in [3.63, 3.8) is 0 Å². The number of aryl methyl sites for hydroxylation is 1. The van der Waals surface area contributed by atoms with Gasteiger partial charge in [0.1, 0.15) is 12.2 Å². The van der Waals surface area contributed by atoms with Gasteiger partial charge < -0.3 is 9.88 Å². The van der Waals surface area contributed by atoms with Crippen molar-refractivity contribution in [1.29, 1.82) is 0 Å². The first-order valence-electron chi connectivity index (χ1n) is 4.66. The maximum absolute atomic E-state index is 3.90. The molecule has 0 fully saturated rings. The van der Waals surface area contributed by atoms with Gasteiger partial charge in [-0.2, -0.15) is 0 Å². The lowest BCUT2D eigenvalue weighted by atomic mass is 10.3. The molecule has 2 N–H and O–H groups in total. The third kappa shape index (κ3) is 2.48. The summed E-state index contributed by atoms with van der Waals surface area (Å²) in [7, 11) is 1.96. The van der Waals surface area contributed by atoms with Crippen molar-refractivity contribution in [3.8, 4) is 0 Å². The van der Waals surface area contributed by atoms with Crippen molar-refractivity contribution in [1.82, 2.24) is 35.8 Å². The van der Waals surface area contributed by atoms with Gasteiger partial charge in [0.15, 0.2) is 0 Å². The molecule has 15 heavy (non-hydrogen) atoms. The molecular weight excluding hydrogens is 196 g/mol. The Bertz CT molecular complexity index is 366. The monoisotopic (exact) mass is 208 g/mol. The van der Waals surface area contributed by atoms with Gasteiger partial charge in [0.25, 0.3) is 0 Å². The van der Waals surface area contributed by atoms with E-state index >= 15 is 0 Å². The maximum atomic E-state index is 3.90. The minimum Gasteiger partial charge on any atom is -0.344 e. The van der Waals surface area contributed by atoms with E-state index < -0.39 is 0 Å². The van der Waals surface area contributed by atoms with Crippen molar-refractivity contribution in [2.75, 3.05) is 18.5 Å². The molecule has 0 spiro atoms. The number of nitrogens with zero attached hydrogens (tertiary/aromatic N) is 6. The van der Waals surface area contributed by atoms with Crippen LogP contribution in [-0.2, 0) is 6.42 Å². The first-order chi connectivity index (χ1) is 7.36. The van der Waals surface area contributed by atoms with Gasteiger partial charge in [0.2, 0.25) is 5.95 Å². The molecule has 2 aromatic rings. The maximum Gasteiger partial charge on any atom is 0.224 e. The van der Waals surface area contributed by atoms with E-state index in [1.54, 1.807) is 6.33 Å². The Morgan fingerprint density at radius 3 is 3.00 bits per heavy atom. The fraction of sp³-hybridized carbons (Fsp3) is 0.571. The van der Waals surface area contributed by atoms with E-state index in [-0.39, 0.29) is 0 Å².